The van der Waals surface area contributed by atoms with Crippen molar-refractivity contribution in [2.75, 3.05) is 23.9 Å². The van der Waals surface area contributed by atoms with Crippen LogP contribution in [0.5, 0.6) is 5.75 Å². The highest BCUT2D eigenvalue weighted by Gasteiger charge is 2.39. The van der Waals surface area contributed by atoms with Gasteiger partial charge in [-0.3, -0.25) is 19.7 Å². The Bertz CT molecular complexity index is 943. The molecule has 1 unspecified atom stereocenters. The molecule has 3 rings (SSSR count). The number of non-ortho nitro benzene ring substituents is 1. The van der Waals surface area contributed by atoms with E-state index in [1.807, 2.05) is 0 Å². The van der Waals surface area contributed by atoms with Crippen LogP contribution in [0.1, 0.15) is 0 Å². The van der Waals surface area contributed by atoms with Crippen molar-refractivity contribution in [1.82, 2.24) is 5.32 Å². The van der Waals surface area contributed by atoms with Gasteiger partial charge in [0.15, 0.2) is 0 Å². The number of methoxy groups -OCH3 is 1. The van der Waals surface area contributed by atoms with Gasteiger partial charge >= 0.3 is 6.03 Å². The number of nitro groups is 1. The molecule has 1 saturated heterocycles. The van der Waals surface area contributed by atoms with E-state index < -0.39 is 28.7 Å². The number of imide groups is 1. The van der Waals surface area contributed by atoms with E-state index in [4.69, 9.17) is 4.74 Å². The number of carbonyl (C=O) groups excluding carboxylic acids is 3. The Morgan fingerprint density at radius 3 is 2.61 bits per heavy atom. The van der Waals surface area contributed by atoms with Gasteiger partial charge in [-0.25, -0.2) is 9.69 Å². The number of hydrogen-bond acceptors (Lipinski definition) is 6. The molecule has 2 aromatic rings. The number of ether oxygens (including phenoxy) is 1. The number of nitrogens with zero attached hydrogens (tertiary/aromatic N) is 2. The quantitative estimate of drug-likeness (QED) is 0.460. The summed E-state index contributed by atoms with van der Waals surface area (Å²) in [4.78, 5) is 48.6. The molecule has 1 aliphatic heterocycles. The summed E-state index contributed by atoms with van der Waals surface area (Å²) in [5, 5.41) is 15.8. The molecular weight excluding hydrogens is 368 g/mol. The molecule has 0 spiro atoms. The number of rotatable bonds is 5. The van der Waals surface area contributed by atoms with Crippen LogP contribution in [0.25, 0.3) is 0 Å². The molecule has 2 aromatic carbocycles. The molecule has 1 fully saturated rings. The molecule has 2 N–H and O–H groups in total. The highest BCUT2D eigenvalue weighted by atomic mass is 16.6. The van der Waals surface area contributed by atoms with Crippen LogP contribution in [0.4, 0.5) is 21.9 Å². The highest BCUT2D eigenvalue weighted by molar-refractivity contribution is 6.23. The van der Waals surface area contributed by atoms with Crippen LogP contribution in [0.3, 0.4) is 0 Å². The third kappa shape index (κ3) is 3.75. The van der Waals surface area contributed by atoms with Crippen molar-refractivity contribution in [2.45, 2.75) is 0 Å². The Labute approximate surface area is 159 Å². The Balaban J connectivity index is 1.79. The van der Waals surface area contributed by atoms with E-state index in [2.05, 4.69) is 10.6 Å². The van der Waals surface area contributed by atoms with E-state index in [9.17, 15) is 24.5 Å². The van der Waals surface area contributed by atoms with Gasteiger partial charge in [0.1, 0.15) is 11.7 Å². The number of urea groups is 1. The van der Waals surface area contributed by atoms with Gasteiger partial charge in [-0.05, 0) is 30.3 Å². The van der Waals surface area contributed by atoms with E-state index in [1.165, 1.54) is 43.5 Å². The molecule has 10 heteroatoms. The minimum atomic E-state index is -1.18. The van der Waals surface area contributed by atoms with E-state index in [0.29, 0.717) is 5.75 Å². The number of nitro benzene ring substituents is 1. The predicted octanol–water partition coefficient (Wildman–Crippen LogP) is 1.91. The summed E-state index contributed by atoms with van der Waals surface area (Å²) in [6.07, 6.45) is 0. The van der Waals surface area contributed by atoms with Gasteiger partial charge in [-0.1, -0.05) is 6.07 Å². The van der Waals surface area contributed by atoms with Crippen molar-refractivity contribution in [1.29, 1.82) is 0 Å². The van der Waals surface area contributed by atoms with Gasteiger partial charge in [0.25, 0.3) is 5.69 Å². The van der Waals surface area contributed by atoms with E-state index in [1.54, 1.807) is 12.1 Å². The summed E-state index contributed by atoms with van der Waals surface area (Å²) in [7, 11) is 1.49. The molecule has 1 atom stereocenters. The van der Waals surface area contributed by atoms with Crippen molar-refractivity contribution < 1.29 is 24.0 Å². The summed E-state index contributed by atoms with van der Waals surface area (Å²) in [5.41, 5.74) is 0.275. The average Bonchev–Trinajstić information content (AvgIpc) is 2.68. The second kappa shape index (κ2) is 7.74. The maximum absolute atomic E-state index is 12.8. The Morgan fingerprint density at radius 2 is 1.96 bits per heavy atom. The molecule has 144 valence electrons. The standard InChI is InChI=1S/C18H16N4O6/c1-28-14-7-5-12(6-8-14)21-17(24)15(10-19-18(21)25)16(23)20-11-3-2-4-13(9-11)22(26)27/h2-9,15H,10H2,1H3,(H,19,25)(H,20,23). The lowest BCUT2D eigenvalue weighted by Gasteiger charge is -2.30. The molecule has 1 aliphatic rings. The first kappa shape index (κ1) is 18.8. The fourth-order valence-electron chi connectivity index (χ4n) is 2.72. The first-order valence-corrected chi connectivity index (χ1v) is 8.22. The number of benzene rings is 2. The average molecular weight is 384 g/mol. The van der Waals surface area contributed by atoms with Crippen molar-refractivity contribution in [2.24, 2.45) is 5.92 Å². The van der Waals surface area contributed by atoms with E-state index in [0.717, 1.165) is 4.90 Å². The van der Waals surface area contributed by atoms with Gasteiger partial charge in [0, 0.05) is 24.4 Å². The summed E-state index contributed by atoms with van der Waals surface area (Å²) < 4.78 is 5.05. The first-order chi connectivity index (χ1) is 13.4. The van der Waals surface area contributed by atoms with Crippen LogP contribution in [0.15, 0.2) is 48.5 Å². The zero-order valence-electron chi connectivity index (χ0n) is 14.7. The molecule has 4 amide bonds. The molecule has 0 bridgehead atoms. The number of nitrogens with one attached hydrogen (secondary N) is 2. The fourth-order valence-corrected chi connectivity index (χ4v) is 2.72. The largest absolute Gasteiger partial charge is 0.497 e. The maximum atomic E-state index is 12.8. The molecule has 0 aromatic heterocycles. The molecule has 28 heavy (non-hydrogen) atoms. The van der Waals surface area contributed by atoms with Crippen molar-refractivity contribution in [3.63, 3.8) is 0 Å². The number of anilines is 2. The highest BCUT2D eigenvalue weighted by Crippen LogP contribution is 2.24. The van der Waals surface area contributed by atoms with E-state index in [-0.39, 0.29) is 23.6 Å². The SMILES string of the molecule is COc1ccc(N2C(=O)NCC(C(=O)Nc3cccc([N+](=O)[O-])c3)C2=O)cc1. The normalized spacial score (nSPS) is 16.3. The Morgan fingerprint density at radius 1 is 1.25 bits per heavy atom. The lowest BCUT2D eigenvalue weighted by molar-refractivity contribution is -0.384. The van der Waals surface area contributed by atoms with Crippen molar-refractivity contribution in [3.8, 4) is 5.75 Å². The van der Waals surface area contributed by atoms with E-state index >= 15 is 0 Å². The maximum Gasteiger partial charge on any atom is 0.328 e. The molecule has 0 radical (unpaired) electrons. The van der Waals surface area contributed by atoms with Gasteiger partial charge in [-0.15, -0.1) is 0 Å². The topological polar surface area (TPSA) is 131 Å². The predicted molar refractivity (Wildman–Crippen MR) is 99.1 cm³/mol. The number of hydrogen-bond donors (Lipinski definition) is 2. The van der Waals surface area contributed by atoms with Crippen LogP contribution >= 0.6 is 0 Å². The first-order valence-electron chi connectivity index (χ1n) is 8.22. The van der Waals surface area contributed by atoms with Crippen LogP contribution < -0.4 is 20.3 Å². The molecule has 0 aliphatic carbocycles. The van der Waals surface area contributed by atoms with Gasteiger partial charge < -0.3 is 15.4 Å². The lowest BCUT2D eigenvalue weighted by atomic mass is 10.0. The summed E-state index contributed by atoms with van der Waals surface area (Å²) in [5.74, 6) is -2.01. The minimum absolute atomic E-state index is 0.176. The van der Waals surface area contributed by atoms with Crippen LogP contribution in [-0.4, -0.2) is 36.4 Å². The number of carbonyl (C=O) groups is 3. The minimum Gasteiger partial charge on any atom is -0.497 e. The molecule has 1 heterocycles. The zero-order valence-corrected chi connectivity index (χ0v) is 14.7. The molecular formula is C18H16N4O6. The smallest absolute Gasteiger partial charge is 0.328 e. The summed E-state index contributed by atoms with van der Waals surface area (Å²) in [6, 6.07) is 10.9. The zero-order chi connectivity index (χ0) is 20.3. The Hall–Kier alpha value is -3.95. The molecule has 0 saturated carbocycles. The monoisotopic (exact) mass is 384 g/mol. The van der Waals surface area contributed by atoms with Gasteiger partial charge in [0.05, 0.1) is 17.7 Å². The number of amides is 4. The van der Waals surface area contributed by atoms with Crippen LogP contribution in [0.2, 0.25) is 0 Å². The second-order valence-electron chi connectivity index (χ2n) is 5.91. The summed E-state index contributed by atoms with van der Waals surface area (Å²) in [6.45, 7) is -0.176. The second-order valence-corrected chi connectivity index (χ2v) is 5.91. The third-order valence-corrected chi connectivity index (χ3v) is 4.15. The van der Waals surface area contributed by atoms with Crippen LogP contribution in [0, 0.1) is 16.0 Å². The van der Waals surface area contributed by atoms with Crippen molar-refractivity contribution in [3.05, 3.63) is 58.6 Å². The lowest BCUT2D eigenvalue weighted by Crippen LogP contribution is -2.58. The third-order valence-electron chi connectivity index (χ3n) is 4.15. The fraction of sp³-hybridized carbons (Fsp3) is 0.167. The van der Waals surface area contributed by atoms with Crippen LogP contribution in [-0.2, 0) is 9.59 Å². The van der Waals surface area contributed by atoms with Crippen molar-refractivity contribution >= 4 is 34.9 Å². The van der Waals surface area contributed by atoms with Gasteiger partial charge in [-0.2, -0.15) is 0 Å². The Kier molecular flexibility index (Phi) is 5.21. The molecule has 10 nitrogen and oxygen atoms in total. The summed E-state index contributed by atoms with van der Waals surface area (Å²) >= 11 is 0. The van der Waals surface area contributed by atoms with Gasteiger partial charge in [0.2, 0.25) is 11.8 Å².